The lowest BCUT2D eigenvalue weighted by Gasteiger charge is -2.58. The zero-order chi connectivity index (χ0) is 14.6. The minimum atomic E-state index is -0.432. The summed E-state index contributed by atoms with van der Waals surface area (Å²) in [4.78, 5) is 0. The van der Waals surface area contributed by atoms with Gasteiger partial charge in [0.2, 0.25) is 0 Å². The molecule has 1 N–H and O–H groups in total. The van der Waals surface area contributed by atoms with Crippen molar-refractivity contribution in [2.75, 3.05) is 0 Å². The van der Waals surface area contributed by atoms with Crippen LogP contribution >= 0.6 is 11.6 Å². The van der Waals surface area contributed by atoms with E-state index in [1.54, 1.807) is 12.1 Å². The normalized spacial score (nSPS) is 38.7. The molecule has 21 heavy (non-hydrogen) atoms. The highest BCUT2D eigenvalue weighted by Gasteiger charge is 2.53. The second-order valence-corrected chi connectivity index (χ2v) is 8.17. The Morgan fingerprint density at radius 3 is 2.29 bits per heavy atom. The van der Waals surface area contributed by atoms with E-state index in [0.29, 0.717) is 17.0 Å². The molecule has 3 heteroatoms. The number of aliphatic hydroxyl groups is 1. The molecule has 1 atom stereocenters. The van der Waals surface area contributed by atoms with E-state index < -0.39 is 6.10 Å². The Kier molecular flexibility index (Phi) is 3.31. The van der Waals surface area contributed by atoms with Crippen LogP contribution in [0.5, 0.6) is 0 Å². The smallest absolute Gasteiger partial charge is 0.126 e. The van der Waals surface area contributed by atoms with Crippen molar-refractivity contribution >= 4 is 11.6 Å². The maximum atomic E-state index is 13.9. The van der Waals surface area contributed by atoms with E-state index in [-0.39, 0.29) is 11.2 Å². The lowest BCUT2D eigenvalue weighted by molar-refractivity contribution is -0.119. The van der Waals surface area contributed by atoms with Gasteiger partial charge in [0.1, 0.15) is 5.82 Å². The van der Waals surface area contributed by atoms with Gasteiger partial charge in [-0.2, -0.15) is 0 Å². The van der Waals surface area contributed by atoms with Crippen molar-refractivity contribution in [3.63, 3.8) is 0 Å². The number of rotatable bonds is 3. The molecule has 114 valence electrons. The molecule has 0 amide bonds. The van der Waals surface area contributed by atoms with E-state index in [1.807, 2.05) is 0 Å². The van der Waals surface area contributed by atoms with Crippen LogP contribution in [0.1, 0.15) is 44.1 Å². The SMILES string of the molecule is OC(Cc1cc(Cl)ccc1F)C12CC3CC(CC(C3)C1)C2. The molecule has 1 aromatic carbocycles. The molecule has 4 aliphatic carbocycles. The summed E-state index contributed by atoms with van der Waals surface area (Å²) in [5, 5.41) is 11.4. The van der Waals surface area contributed by atoms with Gasteiger partial charge >= 0.3 is 0 Å². The fourth-order valence-electron chi connectivity index (χ4n) is 5.71. The summed E-state index contributed by atoms with van der Waals surface area (Å²) >= 11 is 5.97. The van der Waals surface area contributed by atoms with E-state index in [4.69, 9.17) is 11.6 Å². The molecule has 4 fully saturated rings. The van der Waals surface area contributed by atoms with Crippen LogP contribution < -0.4 is 0 Å². The molecule has 0 radical (unpaired) electrons. The summed E-state index contributed by atoms with van der Waals surface area (Å²) in [5.74, 6) is 2.16. The Labute approximate surface area is 130 Å². The first-order valence-corrected chi connectivity index (χ1v) is 8.54. The highest BCUT2D eigenvalue weighted by molar-refractivity contribution is 6.30. The minimum absolute atomic E-state index is 0.0451. The van der Waals surface area contributed by atoms with Gasteiger partial charge < -0.3 is 5.11 Å². The number of halogens is 2. The molecule has 1 aromatic rings. The van der Waals surface area contributed by atoms with E-state index in [0.717, 1.165) is 37.0 Å². The summed E-state index contributed by atoms with van der Waals surface area (Å²) in [6, 6.07) is 4.64. The van der Waals surface area contributed by atoms with Crippen LogP contribution in [-0.2, 0) is 6.42 Å². The van der Waals surface area contributed by atoms with Gasteiger partial charge in [-0.1, -0.05) is 11.6 Å². The van der Waals surface area contributed by atoms with Crippen molar-refractivity contribution in [1.82, 2.24) is 0 Å². The molecule has 1 nitrogen and oxygen atoms in total. The number of aliphatic hydroxyl groups excluding tert-OH is 1. The fourth-order valence-corrected chi connectivity index (χ4v) is 5.90. The van der Waals surface area contributed by atoms with Crippen LogP contribution in [0.2, 0.25) is 5.02 Å². The number of benzene rings is 1. The van der Waals surface area contributed by atoms with Gasteiger partial charge in [0.05, 0.1) is 6.10 Å². The van der Waals surface area contributed by atoms with Crippen LogP contribution in [0.15, 0.2) is 18.2 Å². The highest BCUT2D eigenvalue weighted by Crippen LogP contribution is 2.61. The highest BCUT2D eigenvalue weighted by atomic mass is 35.5. The molecule has 0 saturated heterocycles. The molecule has 4 saturated carbocycles. The lowest BCUT2D eigenvalue weighted by Crippen LogP contribution is -2.52. The molecule has 0 heterocycles. The molecule has 0 aromatic heterocycles. The van der Waals surface area contributed by atoms with Crippen molar-refractivity contribution in [1.29, 1.82) is 0 Å². The van der Waals surface area contributed by atoms with Gasteiger partial charge in [-0.05, 0) is 85.5 Å². The zero-order valence-corrected chi connectivity index (χ0v) is 13.0. The van der Waals surface area contributed by atoms with Gasteiger partial charge in [-0.25, -0.2) is 4.39 Å². The number of hydrogen-bond acceptors (Lipinski definition) is 1. The third-order valence-corrected chi connectivity index (χ3v) is 6.45. The number of hydrogen-bond donors (Lipinski definition) is 1. The Bertz CT molecular complexity index is 521. The Balaban J connectivity index is 1.57. The Hall–Kier alpha value is -0.600. The third kappa shape index (κ3) is 2.41. The largest absolute Gasteiger partial charge is 0.392 e. The van der Waals surface area contributed by atoms with E-state index >= 15 is 0 Å². The van der Waals surface area contributed by atoms with Gasteiger partial charge in [0, 0.05) is 11.4 Å². The molecule has 5 rings (SSSR count). The summed E-state index contributed by atoms with van der Waals surface area (Å²) < 4.78 is 13.9. The average molecular weight is 309 g/mol. The van der Waals surface area contributed by atoms with Gasteiger partial charge in [-0.3, -0.25) is 0 Å². The van der Waals surface area contributed by atoms with Crippen LogP contribution in [-0.4, -0.2) is 11.2 Å². The first kappa shape index (κ1) is 14.0. The van der Waals surface area contributed by atoms with E-state index in [2.05, 4.69) is 0 Å². The predicted molar refractivity (Wildman–Crippen MR) is 81.7 cm³/mol. The maximum Gasteiger partial charge on any atom is 0.126 e. The van der Waals surface area contributed by atoms with Crippen LogP contribution in [0.3, 0.4) is 0 Å². The predicted octanol–water partition coefficient (Wildman–Crippen LogP) is 4.60. The monoisotopic (exact) mass is 308 g/mol. The first-order chi connectivity index (χ1) is 10.0. The van der Waals surface area contributed by atoms with E-state index in [1.165, 1.54) is 25.3 Å². The molecule has 4 aliphatic rings. The summed E-state index contributed by atoms with van der Waals surface area (Å²) in [5.41, 5.74) is 0.606. The Morgan fingerprint density at radius 1 is 1.14 bits per heavy atom. The fraction of sp³-hybridized carbons (Fsp3) is 0.667. The average Bonchev–Trinajstić information content (AvgIpc) is 2.41. The van der Waals surface area contributed by atoms with Crippen molar-refractivity contribution in [3.05, 3.63) is 34.6 Å². The van der Waals surface area contributed by atoms with Crippen molar-refractivity contribution in [2.24, 2.45) is 23.2 Å². The minimum Gasteiger partial charge on any atom is -0.392 e. The standard InChI is InChI=1S/C18H22ClFO/c19-15-1-2-16(20)14(6-15)7-17(21)18-8-11-3-12(9-18)5-13(4-11)10-18/h1-2,6,11-13,17,21H,3-5,7-10H2. The quantitative estimate of drug-likeness (QED) is 0.865. The molecule has 0 aliphatic heterocycles. The topological polar surface area (TPSA) is 20.2 Å². The summed E-state index contributed by atoms with van der Waals surface area (Å²) in [7, 11) is 0. The van der Waals surface area contributed by atoms with E-state index in [9.17, 15) is 9.50 Å². The molecule has 0 spiro atoms. The lowest BCUT2D eigenvalue weighted by atomic mass is 9.48. The van der Waals surface area contributed by atoms with Crippen molar-refractivity contribution in [2.45, 2.75) is 51.0 Å². The summed E-state index contributed by atoms with van der Waals surface area (Å²) in [6.07, 6.45) is 7.47. The zero-order valence-electron chi connectivity index (χ0n) is 12.2. The van der Waals surface area contributed by atoms with Crippen LogP contribution in [0.25, 0.3) is 0 Å². The maximum absolute atomic E-state index is 13.9. The molecule has 4 bridgehead atoms. The second-order valence-electron chi connectivity index (χ2n) is 7.74. The molecule has 1 unspecified atom stereocenters. The van der Waals surface area contributed by atoms with Crippen LogP contribution in [0, 0.1) is 29.0 Å². The second kappa shape index (κ2) is 4.96. The van der Waals surface area contributed by atoms with Crippen molar-refractivity contribution < 1.29 is 9.50 Å². The summed E-state index contributed by atoms with van der Waals surface area (Å²) in [6.45, 7) is 0. The van der Waals surface area contributed by atoms with Crippen molar-refractivity contribution in [3.8, 4) is 0 Å². The molecular weight excluding hydrogens is 287 g/mol. The van der Waals surface area contributed by atoms with Gasteiger partial charge in [-0.15, -0.1) is 0 Å². The third-order valence-electron chi connectivity index (χ3n) is 6.21. The van der Waals surface area contributed by atoms with Gasteiger partial charge in [0.15, 0.2) is 0 Å². The Morgan fingerprint density at radius 2 is 1.71 bits per heavy atom. The molecular formula is C18H22ClFO. The van der Waals surface area contributed by atoms with Gasteiger partial charge in [0.25, 0.3) is 0 Å². The van der Waals surface area contributed by atoms with Crippen LogP contribution in [0.4, 0.5) is 4.39 Å². The first-order valence-electron chi connectivity index (χ1n) is 8.16.